The summed E-state index contributed by atoms with van der Waals surface area (Å²) in [5.41, 5.74) is 1.20. The van der Waals surface area contributed by atoms with Gasteiger partial charge >= 0.3 is 0 Å². The minimum Gasteiger partial charge on any atom is -0.492 e. The number of fused-ring (bicyclic) bond motifs is 4. The lowest BCUT2D eigenvalue weighted by Gasteiger charge is -2.43. The van der Waals surface area contributed by atoms with Gasteiger partial charge in [-0.2, -0.15) is 0 Å². The lowest BCUT2D eigenvalue weighted by atomic mass is 9.74. The summed E-state index contributed by atoms with van der Waals surface area (Å²) in [6, 6.07) is 5.88. The predicted octanol–water partition coefficient (Wildman–Crippen LogP) is 3.74. The van der Waals surface area contributed by atoms with Gasteiger partial charge in [0, 0.05) is 17.0 Å². The van der Waals surface area contributed by atoms with Gasteiger partial charge in [-0.25, -0.2) is 4.39 Å². The number of benzene rings is 1. The SMILES string of the molecule is Fc1ccc2c(c1)C1(CCN([C@H]3C[C@@H]4CC[C@@H]3C4)CC1)CO2. The molecule has 118 valence electrons. The molecule has 0 N–H and O–H groups in total. The molecule has 0 radical (unpaired) electrons. The lowest BCUT2D eigenvalue weighted by molar-refractivity contribution is 0.0746. The van der Waals surface area contributed by atoms with Crippen LogP contribution in [0.1, 0.15) is 44.1 Å². The number of hydrogen-bond donors (Lipinski definition) is 0. The summed E-state index contributed by atoms with van der Waals surface area (Å²) in [6.45, 7) is 3.07. The first-order chi connectivity index (χ1) is 10.7. The summed E-state index contributed by atoms with van der Waals surface area (Å²) in [4.78, 5) is 2.74. The molecule has 2 heterocycles. The first-order valence-electron chi connectivity index (χ1n) is 8.90. The number of hydrogen-bond acceptors (Lipinski definition) is 2. The van der Waals surface area contributed by atoms with Crippen LogP contribution in [0.25, 0.3) is 0 Å². The van der Waals surface area contributed by atoms with Crippen molar-refractivity contribution in [3.8, 4) is 5.75 Å². The highest BCUT2D eigenvalue weighted by Crippen LogP contribution is 2.50. The van der Waals surface area contributed by atoms with E-state index in [0.29, 0.717) is 0 Å². The number of ether oxygens (including phenoxy) is 1. The second kappa shape index (κ2) is 4.70. The Bertz CT molecular complexity index is 593. The van der Waals surface area contributed by atoms with Crippen molar-refractivity contribution in [2.75, 3.05) is 19.7 Å². The van der Waals surface area contributed by atoms with Crippen LogP contribution in [0.4, 0.5) is 4.39 Å². The van der Waals surface area contributed by atoms with Crippen molar-refractivity contribution in [1.82, 2.24) is 4.90 Å². The van der Waals surface area contributed by atoms with Gasteiger partial charge in [0.1, 0.15) is 11.6 Å². The molecular formula is C19H24FNO. The maximum Gasteiger partial charge on any atom is 0.123 e. The van der Waals surface area contributed by atoms with Gasteiger partial charge in [-0.15, -0.1) is 0 Å². The lowest BCUT2D eigenvalue weighted by Crippen LogP contribution is -2.49. The van der Waals surface area contributed by atoms with Gasteiger partial charge < -0.3 is 9.64 Å². The average molecular weight is 301 g/mol. The van der Waals surface area contributed by atoms with Crippen LogP contribution < -0.4 is 4.74 Å². The molecule has 0 amide bonds. The number of nitrogens with zero attached hydrogens (tertiary/aromatic N) is 1. The van der Waals surface area contributed by atoms with E-state index in [2.05, 4.69) is 4.90 Å². The summed E-state index contributed by atoms with van der Waals surface area (Å²) >= 11 is 0. The Kier molecular flexibility index (Phi) is 2.86. The third kappa shape index (κ3) is 1.87. The molecule has 0 unspecified atom stereocenters. The standard InChI is InChI=1S/C19H24FNO/c20-15-3-4-18-16(11-15)19(12-22-18)5-7-21(8-6-19)17-10-13-1-2-14(17)9-13/h3-4,11,13-14,17H,1-2,5-10,12H2/t13-,14-,17+/m1/s1. The zero-order valence-corrected chi connectivity index (χ0v) is 13.1. The molecule has 1 aromatic carbocycles. The second-order valence-corrected chi connectivity index (χ2v) is 7.99. The third-order valence-corrected chi connectivity index (χ3v) is 6.94. The molecule has 5 rings (SSSR count). The Morgan fingerprint density at radius 2 is 2.00 bits per heavy atom. The fourth-order valence-electron chi connectivity index (χ4n) is 5.69. The van der Waals surface area contributed by atoms with Crippen LogP contribution in [0.2, 0.25) is 0 Å². The van der Waals surface area contributed by atoms with E-state index in [-0.39, 0.29) is 11.2 Å². The highest BCUT2D eigenvalue weighted by atomic mass is 19.1. The van der Waals surface area contributed by atoms with E-state index >= 15 is 0 Å². The number of halogens is 1. The molecule has 3 atom stereocenters. The van der Waals surface area contributed by atoms with E-state index in [1.807, 2.05) is 6.07 Å². The van der Waals surface area contributed by atoms with E-state index in [9.17, 15) is 4.39 Å². The zero-order valence-electron chi connectivity index (χ0n) is 13.1. The molecule has 2 aliphatic heterocycles. The van der Waals surface area contributed by atoms with Gasteiger partial charge in [-0.3, -0.25) is 0 Å². The Morgan fingerprint density at radius 1 is 1.14 bits per heavy atom. The molecular weight excluding hydrogens is 277 g/mol. The molecule has 3 fully saturated rings. The highest BCUT2D eigenvalue weighted by Gasteiger charge is 2.47. The molecule has 4 aliphatic rings. The van der Waals surface area contributed by atoms with E-state index < -0.39 is 0 Å². The molecule has 22 heavy (non-hydrogen) atoms. The maximum atomic E-state index is 13.7. The van der Waals surface area contributed by atoms with Gasteiger partial charge in [-0.1, -0.05) is 6.42 Å². The summed E-state index contributed by atoms with van der Waals surface area (Å²) < 4.78 is 19.5. The molecule has 1 spiro atoms. The van der Waals surface area contributed by atoms with Crippen LogP contribution >= 0.6 is 0 Å². The molecule has 2 aliphatic carbocycles. The summed E-state index contributed by atoms with van der Waals surface area (Å²) in [7, 11) is 0. The molecule has 1 saturated heterocycles. The minimum atomic E-state index is -0.126. The van der Waals surface area contributed by atoms with Crippen molar-refractivity contribution in [3.63, 3.8) is 0 Å². The van der Waals surface area contributed by atoms with Gasteiger partial charge in [0.25, 0.3) is 0 Å². The van der Waals surface area contributed by atoms with Crippen molar-refractivity contribution in [1.29, 1.82) is 0 Å². The molecule has 2 bridgehead atoms. The van der Waals surface area contributed by atoms with Crippen LogP contribution in [0.3, 0.4) is 0 Å². The van der Waals surface area contributed by atoms with Crippen LogP contribution in [-0.4, -0.2) is 30.6 Å². The van der Waals surface area contributed by atoms with Crippen molar-refractivity contribution >= 4 is 0 Å². The summed E-state index contributed by atoms with van der Waals surface area (Å²) in [5.74, 6) is 2.76. The molecule has 2 saturated carbocycles. The van der Waals surface area contributed by atoms with Gasteiger partial charge in [0.2, 0.25) is 0 Å². The normalized spacial score (nSPS) is 35.8. The Balaban J connectivity index is 1.34. The Hall–Kier alpha value is -1.09. The first kappa shape index (κ1) is 13.4. The van der Waals surface area contributed by atoms with E-state index in [0.717, 1.165) is 61.7 Å². The largest absolute Gasteiger partial charge is 0.492 e. The van der Waals surface area contributed by atoms with Crippen molar-refractivity contribution in [3.05, 3.63) is 29.6 Å². The van der Waals surface area contributed by atoms with Crippen LogP contribution in [0, 0.1) is 17.7 Å². The fourth-order valence-corrected chi connectivity index (χ4v) is 5.69. The number of likely N-dealkylation sites (tertiary alicyclic amines) is 1. The van der Waals surface area contributed by atoms with Gasteiger partial charge in [0.05, 0.1) is 6.61 Å². The zero-order chi connectivity index (χ0) is 14.7. The summed E-state index contributed by atoms with van der Waals surface area (Å²) in [6.07, 6.45) is 8.07. The van der Waals surface area contributed by atoms with Crippen molar-refractivity contribution in [2.45, 2.75) is 50.0 Å². The monoisotopic (exact) mass is 301 g/mol. The quantitative estimate of drug-likeness (QED) is 0.783. The predicted molar refractivity (Wildman–Crippen MR) is 83.6 cm³/mol. The molecule has 0 aromatic heterocycles. The fraction of sp³-hybridized carbons (Fsp3) is 0.684. The van der Waals surface area contributed by atoms with Crippen LogP contribution in [-0.2, 0) is 5.41 Å². The summed E-state index contributed by atoms with van der Waals surface area (Å²) in [5, 5.41) is 0. The molecule has 3 heteroatoms. The topological polar surface area (TPSA) is 12.5 Å². The number of rotatable bonds is 1. The minimum absolute atomic E-state index is 0.0750. The first-order valence-corrected chi connectivity index (χ1v) is 8.90. The maximum absolute atomic E-state index is 13.7. The highest BCUT2D eigenvalue weighted by molar-refractivity contribution is 5.44. The van der Waals surface area contributed by atoms with Gasteiger partial charge in [-0.05, 0) is 75.2 Å². The van der Waals surface area contributed by atoms with Crippen molar-refractivity contribution in [2.24, 2.45) is 11.8 Å². The van der Waals surface area contributed by atoms with Crippen molar-refractivity contribution < 1.29 is 9.13 Å². The molecule has 2 nitrogen and oxygen atoms in total. The van der Waals surface area contributed by atoms with E-state index in [1.165, 1.54) is 31.7 Å². The average Bonchev–Trinajstić information content (AvgIpc) is 3.24. The Labute approximate surface area is 131 Å². The third-order valence-electron chi connectivity index (χ3n) is 6.94. The Morgan fingerprint density at radius 3 is 2.73 bits per heavy atom. The number of piperidine rings is 1. The van der Waals surface area contributed by atoms with Crippen LogP contribution in [0.5, 0.6) is 5.75 Å². The van der Waals surface area contributed by atoms with E-state index in [1.54, 1.807) is 6.07 Å². The molecule has 1 aromatic rings. The van der Waals surface area contributed by atoms with E-state index in [4.69, 9.17) is 4.74 Å². The van der Waals surface area contributed by atoms with Gasteiger partial charge in [0.15, 0.2) is 0 Å². The smallest absolute Gasteiger partial charge is 0.123 e. The second-order valence-electron chi connectivity index (χ2n) is 7.99. The van der Waals surface area contributed by atoms with Crippen LogP contribution in [0.15, 0.2) is 18.2 Å².